The number of sulfone groups is 1. The average molecular weight is 356 g/mol. The first kappa shape index (κ1) is 17.4. The number of hydrogen-bond donors (Lipinski definition) is 0. The van der Waals surface area contributed by atoms with Crippen molar-refractivity contribution < 1.29 is 17.6 Å². The molecule has 0 radical (unpaired) electrons. The summed E-state index contributed by atoms with van der Waals surface area (Å²) in [5.41, 5.74) is 0.550. The molecule has 0 heterocycles. The number of benzene rings is 2. The lowest BCUT2D eigenvalue weighted by molar-refractivity contribution is 0.0783. The molecule has 23 heavy (non-hydrogen) atoms. The Labute approximate surface area is 139 Å². The van der Waals surface area contributed by atoms with Gasteiger partial charge in [-0.3, -0.25) is 4.79 Å². The zero-order valence-electron chi connectivity index (χ0n) is 12.6. The highest BCUT2D eigenvalue weighted by molar-refractivity contribution is 7.90. The number of amides is 1. The highest BCUT2D eigenvalue weighted by Gasteiger charge is 2.18. The summed E-state index contributed by atoms with van der Waals surface area (Å²) in [4.78, 5) is 13.6. The van der Waals surface area contributed by atoms with Crippen molar-refractivity contribution in [2.24, 2.45) is 0 Å². The second kappa shape index (κ2) is 6.68. The molecule has 0 N–H and O–H groups in total. The summed E-state index contributed by atoms with van der Waals surface area (Å²) < 4.78 is 37.0. The maximum Gasteiger partial charge on any atom is 0.253 e. The van der Waals surface area contributed by atoms with Crippen LogP contribution in [0.15, 0.2) is 47.4 Å². The monoisotopic (exact) mass is 355 g/mol. The lowest BCUT2D eigenvalue weighted by Crippen LogP contribution is -2.26. The van der Waals surface area contributed by atoms with Crippen molar-refractivity contribution in [3.63, 3.8) is 0 Å². The molecule has 1 amide bonds. The van der Waals surface area contributed by atoms with Gasteiger partial charge in [-0.15, -0.1) is 0 Å². The van der Waals surface area contributed by atoms with Crippen LogP contribution in [0, 0.1) is 5.82 Å². The van der Waals surface area contributed by atoms with Gasteiger partial charge in [0.2, 0.25) is 0 Å². The van der Waals surface area contributed by atoms with Crippen LogP contribution in [0.4, 0.5) is 4.39 Å². The van der Waals surface area contributed by atoms with Gasteiger partial charge in [0.05, 0.1) is 9.92 Å². The first-order valence-electron chi connectivity index (χ1n) is 6.68. The second-order valence-electron chi connectivity index (χ2n) is 5.17. The van der Waals surface area contributed by atoms with E-state index in [1.165, 1.54) is 36.2 Å². The standard InChI is InChI=1S/C16H15ClFNO3S/c1-19(10-12-5-3-4-6-14(12)18)16(20)11-7-8-13(17)15(9-11)23(2,21)22/h3-9H,10H2,1-2H3. The van der Waals surface area contributed by atoms with E-state index in [0.29, 0.717) is 5.56 Å². The van der Waals surface area contributed by atoms with E-state index in [-0.39, 0.29) is 22.0 Å². The van der Waals surface area contributed by atoms with Gasteiger partial charge in [0.25, 0.3) is 5.91 Å². The number of rotatable bonds is 4. The summed E-state index contributed by atoms with van der Waals surface area (Å²) in [5, 5.41) is 0.0563. The van der Waals surface area contributed by atoms with E-state index in [2.05, 4.69) is 0 Å². The number of nitrogens with zero attached hydrogens (tertiary/aromatic N) is 1. The fourth-order valence-corrected chi connectivity index (χ4v) is 3.40. The molecule has 0 aliphatic rings. The Kier molecular flexibility index (Phi) is 5.06. The van der Waals surface area contributed by atoms with Crippen LogP contribution in [0.3, 0.4) is 0 Å². The number of carbonyl (C=O) groups excluding carboxylic acids is 1. The Hall–Kier alpha value is -1.92. The van der Waals surface area contributed by atoms with Crippen LogP contribution < -0.4 is 0 Å². The lowest BCUT2D eigenvalue weighted by Gasteiger charge is -2.18. The van der Waals surface area contributed by atoms with Gasteiger partial charge in [-0.2, -0.15) is 0 Å². The molecular formula is C16H15ClFNO3S. The Morgan fingerprint density at radius 2 is 1.87 bits per heavy atom. The van der Waals surface area contributed by atoms with E-state index in [4.69, 9.17) is 11.6 Å². The Morgan fingerprint density at radius 1 is 1.22 bits per heavy atom. The van der Waals surface area contributed by atoms with Gasteiger partial charge in [-0.05, 0) is 24.3 Å². The third kappa shape index (κ3) is 4.09. The molecule has 4 nitrogen and oxygen atoms in total. The van der Waals surface area contributed by atoms with E-state index < -0.39 is 21.6 Å². The predicted molar refractivity (Wildman–Crippen MR) is 86.8 cm³/mol. The maximum absolute atomic E-state index is 13.7. The fraction of sp³-hybridized carbons (Fsp3) is 0.188. The minimum absolute atomic E-state index is 0.0563. The third-order valence-electron chi connectivity index (χ3n) is 3.29. The minimum Gasteiger partial charge on any atom is -0.337 e. The molecule has 122 valence electrons. The molecule has 0 unspecified atom stereocenters. The molecule has 0 bridgehead atoms. The molecule has 2 aromatic rings. The van der Waals surface area contributed by atoms with Crippen molar-refractivity contribution in [3.05, 3.63) is 64.4 Å². The maximum atomic E-state index is 13.7. The molecule has 0 aliphatic carbocycles. The summed E-state index contributed by atoms with van der Waals surface area (Å²) >= 11 is 5.86. The van der Waals surface area contributed by atoms with Crippen LogP contribution in [0.1, 0.15) is 15.9 Å². The molecule has 2 aromatic carbocycles. The van der Waals surface area contributed by atoms with Crippen LogP contribution in [-0.4, -0.2) is 32.5 Å². The molecule has 0 aromatic heterocycles. The van der Waals surface area contributed by atoms with E-state index in [1.54, 1.807) is 18.2 Å². The van der Waals surface area contributed by atoms with Gasteiger partial charge < -0.3 is 4.90 Å². The summed E-state index contributed by atoms with van der Waals surface area (Å²) in [6, 6.07) is 10.2. The van der Waals surface area contributed by atoms with Gasteiger partial charge in [0, 0.05) is 31.0 Å². The zero-order chi connectivity index (χ0) is 17.2. The molecule has 0 saturated carbocycles. The molecule has 0 fully saturated rings. The number of carbonyl (C=O) groups is 1. The summed E-state index contributed by atoms with van der Waals surface area (Å²) in [6.07, 6.45) is 1.02. The van der Waals surface area contributed by atoms with Gasteiger partial charge in [0.15, 0.2) is 9.84 Å². The van der Waals surface area contributed by atoms with Crippen LogP contribution in [0.2, 0.25) is 5.02 Å². The smallest absolute Gasteiger partial charge is 0.253 e. The van der Waals surface area contributed by atoms with Gasteiger partial charge in [-0.1, -0.05) is 29.8 Å². The molecule has 0 aliphatic heterocycles. The quantitative estimate of drug-likeness (QED) is 0.846. The van der Waals surface area contributed by atoms with Crippen molar-refractivity contribution >= 4 is 27.3 Å². The fourth-order valence-electron chi connectivity index (χ4n) is 2.09. The van der Waals surface area contributed by atoms with Crippen LogP contribution in [0.25, 0.3) is 0 Å². The van der Waals surface area contributed by atoms with Crippen LogP contribution in [0.5, 0.6) is 0 Å². The lowest BCUT2D eigenvalue weighted by atomic mass is 10.1. The summed E-state index contributed by atoms with van der Waals surface area (Å²) in [7, 11) is -2.03. The third-order valence-corrected chi connectivity index (χ3v) is 4.87. The van der Waals surface area contributed by atoms with Crippen molar-refractivity contribution in [2.45, 2.75) is 11.4 Å². The molecule has 2 rings (SSSR count). The van der Waals surface area contributed by atoms with Gasteiger partial charge in [-0.25, -0.2) is 12.8 Å². The highest BCUT2D eigenvalue weighted by Crippen LogP contribution is 2.23. The van der Waals surface area contributed by atoms with Crippen molar-refractivity contribution in [1.82, 2.24) is 4.90 Å². The van der Waals surface area contributed by atoms with Gasteiger partial charge >= 0.3 is 0 Å². The summed E-state index contributed by atoms with van der Waals surface area (Å²) in [5.74, 6) is -0.824. The number of hydrogen-bond acceptors (Lipinski definition) is 3. The predicted octanol–water partition coefficient (Wildman–Crippen LogP) is 3.15. The first-order chi connectivity index (χ1) is 10.7. The first-order valence-corrected chi connectivity index (χ1v) is 8.95. The van der Waals surface area contributed by atoms with E-state index in [9.17, 15) is 17.6 Å². The molecule has 0 atom stereocenters. The average Bonchev–Trinajstić information content (AvgIpc) is 2.48. The van der Waals surface area contributed by atoms with Crippen LogP contribution >= 0.6 is 11.6 Å². The largest absolute Gasteiger partial charge is 0.337 e. The van der Waals surface area contributed by atoms with Crippen molar-refractivity contribution in [1.29, 1.82) is 0 Å². The van der Waals surface area contributed by atoms with Crippen molar-refractivity contribution in [3.8, 4) is 0 Å². The normalized spacial score (nSPS) is 11.3. The Balaban J connectivity index is 2.28. The Bertz CT molecular complexity index is 852. The molecule has 0 spiro atoms. The van der Waals surface area contributed by atoms with Gasteiger partial charge in [0.1, 0.15) is 5.82 Å². The number of halogens is 2. The van der Waals surface area contributed by atoms with Crippen LogP contribution in [-0.2, 0) is 16.4 Å². The molecule has 0 saturated heterocycles. The van der Waals surface area contributed by atoms with Crippen molar-refractivity contribution in [2.75, 3.05) is 13.3 Å². The SMILES string of the molecule is CN(Cc1ccccc1F)C(=O)c1ccc(Cl)c(S(C)(=O)=O)c1. The molecule has 7 heteroatoms. The van der Waals surface area contributed by atoms with E-state index in [0.717, 1.165) is 6.26 Å². The second-order valence-corrected chi connectivity index (χ2v) is 7.56. The summed E-state index contributed by atoms with van der Waals surface area (Å²) in [6.45, 7) is 0.0718. The minimum atomic E-state index is -3.54. The molecular weight excluding hydrogens is 341 g/mol. The topological polar surface area (TPSA) is 54.5 Å². The van der Waals surface area contributed by atoms with E-state index in [1.807, 2.05) is 0 Å². The Morgan fingerprint density at radius 3 is 2.48 bits per heavy atom. The van der Waals surface area contributed by atoms with E-state index >= 15 is 0 Å². The highest BCUT2D eigenvalue weighted by atomic mass is 35.5. The zero-order valence-corrected chi connectivity index (χ0v) is 14.2.